The summed E-state index contributed by atoms with van der Waals surface area (Å²) in [5, 5.41) is 5.36. The summed E-state index contributed by atoms with van der Waals surface area (Å²) in [4.78, 5) is 38.4. The van der Waals surface area contributed by atoms with Crippen molar-refractivity contribution in [3.05, 3.63) is 59.5 Å². The Morgan fingerprint density at radius 2 is 1.93 bits per heavy atom. The van der Waals surface area contributed by atoms with Gasteiger partial charge in [-0.05, 0) is 49.6 Å². The number of rotatable bonds is 6. The van der Waals surface area contributed by atoms with E-state index in [1.54, 1.807) is 25.1 Å². The third-order valence-electron chi connectivity index (χ3n) is 4.52. The molecule has 1 saturated heterocycles. The summed E-state index contributed by atoms with van der Waals surface area (Å²) in [6, 6.07) is 9.68. The van der Waals surface area contributed by atoms with Crippen LogP contribution in [0, 0.1) is 0 Å². The second-order valence-corrected chi connectivity index (χ2v) is 6.59. The molecule has 3 amide bonds. The zero-order valence-electron chi connectivity index (χ0n) is 15.2. The predicted octanol–water partition coefficient (Wildman–Crippen LogP) is 1.95. The van der Waals surface area contributed by atoms with Crippen molar-refractivity contribution in [2.45, 2.75) is 32.4 Å². The van der Waals surface area contributed by atoms with E-state index in [2.05, 4.69) is 10.6 Å². The van der Waals surface area contributed by atoms with Crippen molar-refractivity contribution < 1.29 is 18.8 Å². The molecule has 1 aliphatic rings. The maximum Gasteiger partial charge on any atom is 0.287 e. The number of nitrogens with one attached hydrogen (secondary N) is 2. The summed E-state index contributed by atoms with van der Waals surface area (Å²) in [6.07, 6.45) is 3.49. The number of likely N-dealkylation sites (tertiary alicyclic amines) is 1. The van der Waals surface area contributed by atoms with Crippen LogP contribution in [0.5, 0.6) is 0 Å². The van der Waals surface area contributed by atoms with E-state index in [9.17, 15) is 14.4 Å². The normalized spacial score (nSPS) is 14.6. The maximum atomic E-state index is 12.5. The molecular weight excluding hydrogens is 346 g/mol. The molecule has 2 N–H and O–H groups in total. The lowest BCUT2D eigenvalue weighted by Crippen LogP contribution is -2.44. The first-order valence-corrected chi connectivity index (χ1v) is 9.05. The fourth-order valence-electron chi connectivity index (χ4n) is 3.00. The zero-order valence-corrected chi connectivity index (χ0v) is 15.2. The highest BCUT2D eigenvalue weighted by Gasteiger charge is 2.20. The van der Waals surface area contributed by atoms with Crippen LogP contribution in [-0.2, 0) is 11.3 Å². The van der Waals surface area contributed by atoms with Crippen molar-refractivity contribution in [2.24, 2.45) is 0 Å². The fraction of sp³-hybridized carbons (Fsp3) is 0.350. The van der Waals surface area contributed by atoms with Gasteiger partial charge < -0.3 is 20.0 Å². The molecule has 2 aromatic rings. The Kier molecular flexibility index (Phi) is 5.90. The SMILES string of the molecule is CC(NC(=O)c1ccco1)C(=O)NCc1cccc(C(=O)N2CCCC2)c1. The minimum absolute atomic E-state index is 0.0276. The van der Waals surface area contributed by atoms with Gasteiger partial charge in [-0.3, -0.25) is 14.4 Å². The average molecular weight is 369 g/mol. The minimum atomic E-state index is -0.711. The quantitative estimate of drug-likeness (QED) is 0.814. The molecule has 0 saturated carbocycles. The Morgan fingerprint density at radius 3 is 2.63 bits per heavy atom. The van der Waals surface area contributed by atoms with Gasteiger partial charge >= 0.3 is 0 Å². The van der Waals surface area contributed by atoms with E-state index in [1.807, 2.05) is 17.0 Å². The molecule has 142 valence electrons. The van der Waals surface area contributed by atoms with Gasteiger partial charge in [0.15, 0.2) is 5.76 Å². The van der Waals surface area contributed by atoms with Gasteiger partial charge in [-0.25, -0.2) is 0 Å². The standard InChI is InChI=1S/C20H23N3O4/c1-14(22-19(25)17-8-5-11-27-17)18(24)21-13-15-6-4-7-16(12-15)20(26)23-9-2-3-10-23/h4-8,11-12,14H,2-3,9-10,13H2,1H3,(H,21,24)(H,22,25). The Morgan fingerprint density at radius 1 is 1.15 bits per heavy atom. The predicted molar refractivity (Wildman–Crippen MR) is 99.1 cm³/mol. The summed E-state index contributed by atoms with van der Waals surface area (Å²) < 4.78 is 5.00. The molecule has 3 rings (SSSR count). The van der Waals surface area contributed by atoms with Gasteiger partial charge in [0.25, 0.3) is 11.8 Å². The molecule has 1 aromatic carbocycles. The van der Waals surface area contributed by atoms with Crippen LogP contribution in [-0.4, -0.2) is 41.8 Å². The third-order valence-corrected chi connectivity index (χ3v) is 4.52. The molecule has 0 aliphatic carbocycles. The molecule has 1 aromatic heterocycles. The van der Waals surface area contributed by atoms with Gasteiger partial charge in [-0.2, -0.15) is 0 Å². The van der Waals surface area contributed by atoms with Gasteiger partial charge in [0.1, 0.15) is 6.04 Å². The van der Waals surface area contributed by atoms with Crippen LogP contribution in [0.2, 0.25) is 0 Å². The molecule has 1 fully saturated rings. The summed E-state index contributed by atoms with van der Waals surface area (Å²) in [5.41, 5.74) is 1.46. The highest BCUT2D eigenvalue weighted by atomic mass is 16.3. The first-order chi connectivity index (χ1) is 13.0. The summed E-state index contributed by atoms with van der Waals surface area (Å²) in [7, 11) is 0. The highest BCUT2D eigenvalue weighted by Crippen LogP contribution is 2.14. The topological polar surface area (TPSA) is 91.6 Å². The number of hydrogen-bond donors (Lipinski definition) is 2. The lowest BCUT2D eigenvalue weighted by Gasteiger charge is -2.16. The Hall–Kier alpha value is -3.09. The van der Waals surface area contributed by atoms with E-state index in [1.165, 1.54) is 12.3 Å². The fourth-order valence-corrected chi connectivity index (χ4v) is 3.00. The highest BCUT2D eigenvalue weighted by molar-refractivity contribution is 5.95. The Labute approximate surface area is 157 Å². The second kappa shape index (κ2) is 8.53. The Balaban J connectivity index is 1.53. The molecule has 0 bridgehead atoms. The van der Waals surface area contributed by atoms with Crippen LogP contribution < -0.4 is 10.6 Å². The molecule has 2 heterocycles. The minimum Gasteiger partial charge on any atom is -0.459 e. The summed E-state index contributed by atoms with van der Waals surface area (Å²) >= 11 is 0. The van der Waals surface area contributed by atoms with Crippen molar-refractivity contribution in [3.63, 3.8) is 0 Å². The molecule has 1 aliphatic heterocycles. The maximum absolute atomic E-state index is 12.5. The number of amides is 3. The van der Waals surface area contributed by atoms with Gasteiger partial charge in [-0.1, -0.05) is 12.1 Å². The van der Waals surface area contributed by atoms with E-state index in [4.69, 9.17) is 4.42 Å². The molecule has 27 heavy (non-hydrogen) atoms. The van der Waals surface area contributed by atoms with E-state index < -0.39 is 11.9 Å². The molecule has 0 spiro atoms. The smallest absolute Gasteiger partial charge is 0.287 e. The van der Waals surface area contributed by atoms with Crippen molar-refractivity contribution in [3.8, 4) is 0 Å². The van der Waals surface area contributed by atoms with Crippen molar-refractivity contribution in [1.82, 2.24) is 15.5 Å². The molecule has 0 radical (unpaired) electrons. The average Bonchev–Trinajstić information content (AvgIpc) is 3.39. The van der Waals surface area contributed by atoms with Crippen LogP contribution in [0.1, 0.15) is 46.2 Å². The van der Waals surface area contributed by atoms with Gasteiger partial charge in [0.05, 0.1) is 6.26 Å². The first-order valence-electron chi connectivity index (χ1n) is 9.05. The van der Waals surface area contributed by atoms with Crippen molar-refractivity contribution in [1.29, 1.82) is 0 Å². The van der Waals surface area contributed by atoms with E-state index in [0.717, 1.165) is 31.5 Å². The van der Waals surface area contributed by atoms with Crippen LogP contribution in [0.15, 0.2) is 47.1 Å². The summed E-state index contributed by atoms with van der Waals surface area (Å²) in [5.74, 6) is -0.574. The van der Waals surface area contributed by atoms with Crippen LogP contribution in [0.4, 0.5) is 0 Å². The number of carbonyl (C=O) groups excluding carboxylic acids is 3. The van der Waals surface area contributed by atoms with Crippen LogP contribution >= 0.6 is 0 Å². The lowest BCUT2D eigenvalue weighted by molar-refractivity contribution is -0.122. The monoisotopic (exact) mass is 369 g/mol. The number of furan rings is 1. The molecule has 7 nitrogen and oxygen atoms in total. The van der Waals surface area contributed by atoms with E-state index >= 15 is 0 Å². The van der Waals surface area contributed by atoms with Gasteiger partial charge in [0.2, 0.25) is 5.91 Å². The van der Waals surface area contributed by atoms with E-state index in [0.29, 0.717) is 5.56 Å². The molecule has 1 atom stereocenters. The molecule has 7 heteroatoms. The first kappa shape index (κ1) is 18.7. The van der Waals surface area contributed by atoms with Crippen molar-refractivity contribution in [2.75, 3.05) is 13.1 Å². The Bertz CT molecular complexity index is 810. The molecule has 1 unspecified atom stereocenters. The lowest BCUT2D eigenvalue weighted by atomic mass is 10.1. The zero-order chi connectivity index (χ0) is 19.2. The second-order valence-electron chi connectivity index (χ2n) is 6.59. The summed E-state index contributed by atoms with van der Waals surface area (Å²) in [6.45, 7) is 3.48. The third kappa shape index (κ3) is 4.75. The van der Waals surface area contributed by atoms with Gasteiger partial charge in [0, 0.05) is 25.2 Å². The van der Waals surface area contributed by atoms with Crippen LogP contribution in [0.25, 0.3) is 0 Å². The number of hydrogen-bond acceptors (Lipinski definition) is 4. The number of carbonyl (C=O) groups is 3. The van der Waals surface area contributed by atoms with Gasteiger partial charge in [-0.15, -0.1) is 0 Å². The number of benzene rings is 1. The number of nitrogens with zero attached hydrogens (tertiary/aromatic N) is 1. The van der Waals surface area contributed by atoms with E-state index in [-0.39, 0.29) is 24.1 Å². The van der Waals surface area contributed by atoms with Crippen molar-refractivity contribution >= 4 is 17.7 Å². The molecular formula is C20H23N3O4. The largest absolute Gasteiger partial charge is 0.459 e. The van der Waals surface area contributed by atoms with Crippen LogP contribution in [0.3, 0.4) is 0 Å².